The molecule has 0 fully saturated rings. The minimum atomic E-state index is -3.68. The summed E-state index contributed by atoms with van der Waals surface area (Å²) in [6.45, 7) is 6.34. The van der Waals surface area contributed by atoms with E-state index in [1.165, 1.54) is 0 Å². The van der Waals surface area contributed by atoms with Gasteiger partial charge in [0.15, 0.2) is 0 Å². The number of amides is 2. The van der Waals surface area contributed by atoms with Gasteiger partial charge in [-0.05, 0) is 71.1 Å². The Balaban J connectivity index is 1.42. The van der Waals surface area contributed by atoms with E-state index in [1.807, 2.05) is 12.1 Å². The van der Waals surface area contributed by atoms with Crippen LogP contribution < -0.4 is 14.9 Å². The smallest absolute Gasteiger partial charge is 0.255 e. The van der Waals surface area contributed by atoms with E-state index in [4.69, 9.17) is 23.2 Å². The summed E-state index contributed by atoms with van der Waals surface area (Å²) in [7, 11) is -3.68. The first kappa shape index (κ1) is 31.1. The van der Waals surface area contributed by atoms with Gasteiger partial charge in [-0.25, -0.2) is 8.42 Å². The number of rotatable bonds is 8. The molecule has 0 spiro atoms. The molecule has 2 amide bonds. The molecule has 4 rings (SSSR count). The molecule has 0 atom stereocenters. The first-order valence-electron chi connectivity index (χ1n) is 13.1. The lowest BCUT2D eigenvalue weighted by atomic mass is 9.87. The standard InChI is InChI=1S/C32H31Cl2N3O4S/c1-32(2,3)24-17-15-23(16-18-24)31(39)36-26-8-5-7-25(19-26)35-30(38)22-13-11-21(12-14-22)20-37(42(4,40)41)28-10-6-9-27(33)29(28)34/h5-19H,20H2,1-4H3,(H,35,38)(H,36,39). The van der Waals surface area contributed by atoms with Crippen LogP contribution in [0.2, 0.25) is 10.0 Å². The van der Waals surface area contributed by atoms with Gasteiger partial charge >= 0.3 is 0 Å². The maximum absolute atomic E-state index is 12.9. The highest BCUT2D eigenvalue weighted by Gasteiger charge is 2.22. The van der Waals surface area contributed by atoms with Crippen LogP contribution in [0.5, 0.6) is 0 Å². The Kier molecular flexibility index (Phi) is 9.30. The van der Waals surface area contributed by atoms with Crippen molar-refractivity contribution in [3.05, 3.63) is 123 Å². The summed E-state index contributed by atoms with van der Waals surface area (Å²) >= 11 is 12.4. The Morgan fingerprint density at radius 3 is 1.76 bits per heavy atom. The Bertz CT molecular complexity index is 1720. The number of hydrogen-bond donors (Lipinski definition) is 2. The highest BCUT2D eigenvalue weighted by Crippen LogP contribution is 2.34. The van der Waals surface area contributed by atoms with Crippen LogP contribution >= 0.6 is 23.2 Å². The molecular weight excluding hydrogens is 593 g/mol. The molecule has 0 aliphatic carbocycles. The first-order valence-corrected chi connectivity index (χ1v) is 15.7. The molecule has 4 aromatic rings. The van der Waals surface area contributed by atoms with Gasteiger partial charge in [-0.1, -0.05) is 80.4 Å². The van der Waals surface area contributed by atoms with E-state index in [1.54, 1.807) is 78.9 Å². The number of anilines is 3. The Morgan fingerprint density at radius 1 is 0.762 bits per heavy atom. The number of nitrogens with one attached hydrogen (secondary N) is 2. The number of carbonyl (C=O) groups is 2. The van der Waals surface area contributed by atoms with Crippen molar-refractivity contribution in [3.8, 4) is 0 Å². The van der Waals surface area contributed by atoms with Crippen LogP contribution in [-0.4, -0.2) is 26.5 Å². The Hall–Kier alpha value is -3.85. The van der Waals surface area contributed by atoms with Gasteiger partial charge in [-0.3, -0.25) is 13.9 Å². The van der Waals surface area contributed by atoms with Gasteiger partial charge < -0.3 is 10.6 Å². The zero-order valence-electron chi connectivity index (χ0n) is 23.6. The largest absolute Gasteiger partial charge is 0.322 e. The molecule has 42 heavy (non-hydrogen) atoms. The minimum absolute atomic E-state index is 0.00146. The second kappa shape index (κ2) is 12.6. The maximum Gasteiger partial charge on any atom is 0.255 e. The van der Waals surface area contributed by atoms with Crippen LogP contribution in [0.25, 0.3) is 0 Å². The number of nitrogens with zero attached hydrogens (tertiary/aromatic N) is 1. The lowest BCUT2D eigenvalue weighted by molar-refractivity contribution is 0.101. The van der Waals surface area contributed by atoms with Crippen LogP contribution in [0.15, 0.2) is 91.0 Å². The molecular formula is C32H31Cl2N3O4S. The second-order valence-electron chi connectivity index (χ2n) is 10.9. The zero-order chi connectivity index (χ0) is 30.7. The van der Waals surface area contributed by atoms with Crippen molar-refractivity contribution in [2.75, 3.05) is 21.2 Å². The summed E-state index contributed by atoms with van der Waals surface area (Å²) in [5, 5.41) is 6.08. The summed E-state index contributed by atoms with van der Waals surface area (Å²) in [5.74, 6) is -0.614. The van der Waals surface area contributed by atoms with E-state index in [0.717, 1.165) is 16.1 Å². The Morgan fingerprint density at radius 2 is 1.26 bits per heavy atom. The van der Waals surface area contributed by atoms with Crippen LogP contribution in [0, 0.1) is 0 Å². The second-order valence-corrected chi connectivity index (χ2v) is 13.5. The predicted molar refractivity (Wildman–Crippen MR) is 171 cm³/mol. The first-order chi connectivity index (χ1) is 19.7. The molecule has 0 aliphatic heterocycles. The number of carbonyl (C=O) groups excluding carboxylic acids is 2. The third-order valence-electron chi connectivity index (χ3n) is 6.53. The van der Waals surface area contributed by atoms with Gasteiger partial charge in [0.25, 0.3) is 11.8 Å². The molecule has 0 saturated carbocycles. The summed E-state index contributed by atoms with van der Waals surface area (Å²) in [6.07, 6.45) is 1.09. The molecule has 10 heteroatoms. The molecule has 0 heterocycles. The van der Waals surface area contributed by atoms with Gasteiger partial charge in [-0.2, -0.15) is 0 Å². The number of halogens is 2. The van der Waals surface area contributed by atoms with Crippen molar-refractivity contribution in [2.45, 2.75) is 32.7 Å². The van der Waals surface area contributed by atoms with E-state index in [-0.39, 0.29) is 39.5 Å². The van der Waals surface area contributed by atoms with Gasteiger partial charge in [0, 0.05) is 22.5 Å². The molecule has 0 aliphatic rings. The maximum atomic E-state index is 12.9. The topological polar surface area (TPSA) is 95.6 Å². The van der Waals surface area contributed by atoms with Crippen LogP contribution in [0.4, 0.5) is 17.1 Å². The molecule has 0 radical (unpaired) electrons. The van der Waals surface area contributed by atoms with Crippen molar-refractivity contribution >= 4 is 62.1 Å². The normalized spacial score (nSPS) is 11.6. The fourth-order valence-electron chi connectivity index (χ4n) is 4.20. The summed E-state index contributed by atoms with van der Waals surface area (Å²) < 4.78 is 26.2. The van der Waals surface area contributed by atoms with Gasteiger partial charge in [-0.15, -0.1) is 0 Å². The van der Waals surface area contributed by atoms with Crippen molar-refractivity contribution in [2.24, 2.45) is 0 Å². The Labute approximate surface area is 256 Å². The van der Waals surface area contributed by atoms with Crippen LogP contribution in [-0.2, 0) is 22.0 Å². The highest BCUT2D eigenvalue weighted by atomic mass is 35.5. The van der Waals surface area contributed by atoms with Gasteiger partial charge in [0.1, 0.15) is 0 Å². The predicted octanol–water partition coefficient (Wildman–Crippen LogP) is 7.76. The van der Waals surface area contributed by atoms with E-state index < -0.39 is 10.0 Å². The summed E-state index contributed by atoms with van der Waals surface area (Å²) in [5.41, 5.74) is 3.98. The van der Waals surface area contributed by atoms with Gasteiger partial charge in [0.05, 0.1) is 28.5 Å². The summed E-state index contributed by atoms with van der Waals surface area (Å²) in [6, 6.07) is 25.7. The van der Waals surface area contributed by atoms with E-state index in [0.29, 0.717) is 28.1 Å². The minimum Gasteiger partial charge on any atom is -0.322 e. The van der Waals surface area contributed by atoms with E-state index >= 15 is 0 Å². The van der Waals surface area contributed by atoms with Crippen molar-refractivity contribution < 1.29 is 18.0 Å². The molecule has 0 aromatic heterocycles. The van der Waals surface area contributed by atoms with Crippen molar-refractivity contribution in [3.63, 3.8) is 0 Å². The van der Waals surface area contributed by atoms with Crippen molar-refractivity contribution in [1.29, 1.82) is 0 Å². The zero-order valence-corrected chi connectivity index (χ0v) is 25.9. The van der Waals surface area contributed by atoms with Gasteiger partial charge in [0.2, 0.25) is 10.0 Å². The molecule has 7 nitrogen and oxygen atoms in total. The average molecular weight is 625 g/mol. The number of hydrogen-bond acceptors (Lipinski definition) is 4. The van der Waals surface area contributed by atoms with Crippen LogP contribution in [0.3, 0.4) is 0 Å². The molecule has 4 aromatic carbocycles. The molecule has 218 valence electrons. The lowest BCUT2D eigenvalue weighted by Gasteiger charge is -2.24. The quantitative estimate of drug-likeness (QED) is 0.210. The number of sulfonamides is 1. The third-order valence-corrected chi connectivity index (χ3v) is 8.47. The fourth-order valence-corrected chi connectivity index (χ4v) is 5.54. The van der Waals surface area contributed by atoms with Crippen LogP contribution in [0.1, 0.15) is 52.6 Å². The highest BCUT2D eigenvalue weighted by molar-refractivity contribution is 7.92. The molecule has 0 saturated heterocycles. The van der Waals surface area contributed by atoms with E-state index in [9.17, 15) is 18.0 Å². The van der Waals surface area contributed by atoms with Crippen molar-refractivity contribution in [1.82, 2.24) is 0 Å². The summed E-state index contributed by atoms with van der Waals surface area (Å²) in [4.78, 5) is 25.7. The molecule has 2 N–H and O–H groups in total. The SMILES string of the molecule is CC(C)(C)c1ccc(C(=O)Nc2cccc(NC(=O)c3ccc(CN(c4cccc(Cl)c4Cl)S(C)(=O)=O)cc3)c2)cc1. The molecule has 0 bridgehead atoms. The average Bonchev–Trinajstić information content (AvgIpc) is 2.93. The lowest BCUT2D eigenvalue weighted by Crippen LogP contribution is -2.29. The third kappa shape index (κ3) is 7.70. The fraction of sp³-hybridized carbons (Fsp3) is 0.188. The van der Waals surface area contributed by atoms with E-state index in [2.05, 4.69) is 31.4 Å². The monoisotopic (exact) mass is 623 g/mol. The molecule has 0 unspecified atom stereocenters. The number of benzene rings is 4.